The van der Waals surface area contributed by atoms with Crippen molar-refractivity contribution in [1.29, 1.82) is 0 Å². The zero-order chi connectivity index (χ0) is 22.7. The van der Waals surface area contributed by atoms with E-state index in [1.165, 1.54) is 0 Å². The highest BCUT2D eigenvalue weighted by molar-refractivity contribution is 6.03. The maximum atomic E-state index is 10.1. The van der Waals surface area contributed by atoms with Crippen molar-refractivity contribution >= 4 is 16.8 Å². The Balaban J connectivity index is 1.83. The number of anilines is 1. The third kappa shape index (κ3) is 4.61. The number of nitrogen functional groups attached to an aromatic ring is 1. The van der Waals surface area contributed by atoms with Crippen molar-refractivity contribution in [1.82, 2.24) is 9.88 Å². The van der Waals surface area contributed by atoms with Gasteiger partial charge in [0.05, 0.1) is 23.4 Å². The van der Waals surface area contributed by atoms with E-state index in [0.29, 0.717) is 24.4 Å². The molecule has 0 unspecified atom stereocenters. The summed E-state index contributed by atoms with van der Waals surface area (Å²) in [5.41, 5.74) is 11.0. The first-order valence-corrected chi connectivity index (χ1v) is 10.8. The second-order valence-electron chi connectivity index (χ2n) is 8.27. The molecule has 0 aliphatic heterocycles. The number of rotatable bonds is 8. The van der Waals surface area contributed by atoms with Crippen LogP contribution in [-0.4, -0.2) is 48.3 Å². The Kier molecular flexibility index (Phi) is 6.44. The maximum Gasteiger partial charge on any atom is 0.227 e. The number of hydrogen-bond acceptors (Lipinski definition) is 6. The number of hydrogen-bond donors (Lipinski definition) is 2. The Morgan fingerprint density at radius 3 is 2.44 bits per heavy atom. The van der Waals surface area contributed by atoms with E-state index < -0.39 is 6.10 Å². The first-order chi connectivity index (χ1) is 15.4. The molecule has 6 nitrogen and oxygen atoms in total. The molecule has 32 heavy (non-hydrogen) atoms. The van der Waals surface area contributed by atoms with Crippen LogP contribution in [0.25, 0.3) is 33.6 Å². The maximum absolute atomic E-state index is 10.1. The molecule has 0 saturated carbocycles. The van der Waals surface area contributed by atoms with Crippen LogP contribution < -0.4 is 10.5 Å². The highest BCUT2D eigenvalue weighted by Crippen LogP contribution is 2.43. The van der Waals surface area contributed by atoms with Gasteiger partial charge in [-0.3, -0.25) is 0 Å². The zero-order valence-corrected chi connectivity index (χ0v) is 18.7. The molecule has 0 radical (unpaired) electrons. The lowest BCUT2D eigenvalue weighted by atomic mass is 9.94. The van der Waals surface area contributed by atoms with Crippen LogP contribution in [0.4, 0.5) is 5.69 Å². The van der Waals surface area contributed by atoms with Crippen molar-refractivity contribution in [3.63, 3.8) is 0 Å². The number of nitrogens with zero attached hydrogens (tertiary/aromatic N) is 2. The van der Waals surface area contributed by atoms with E-state index in [9.17, 15) is 5.11 Å². The number of furan rings is 1. The fourth-order valence-electron chi connectivity index (χ4n) is 3.79. The summed E-state index contributed by atoms with van der Waals surface area (Å²) in [5, 5.41) is 10.9. The van der Waals surface area contributed by atoms with Gasteiger partial charge in [0.1, 0.15) is 18.1 Å². The zero-order valence-electron chi connectivity index (χ0n) is 18.7. The first-order valence-electron chi connectivity index (χ1n) is 10.8. The molecule has 1 atom stereocenters. The highest BCUT2D eigenvalue weighted by atomic mass is 16.5. The summed E-state index contributed by atoms with van der Waals surface area (Å²) in [6.07, 6.45) is 1.48. The molecular formula is C26H29N3O3. The van der Waals surface area contributed by atoms with Crippen LogP contribution in [0.2, 0.25) is 0 Å². The second kappa shape index (κ2) is 9.42. The van der Waals surface area contributed by atoms with Gasteiger partial charge in [0, 0.05) is 24.1 Å². The summed E-state index contributed by atoms with van der Waals surface area (Å²) in [4.78, 5) is 6.53. The van der Waals surface area contributed by atoms with Gasteiger partial charge in [0.25, 0.3) is 0 Å². The number of ether oxygens (including phenoxy) is 1. The quantitative estimate of drug-likeness (QED) is 0.424. The molecule has 3 N–H and O–H groups in total. The SMILES string of the molecule is C[C@@H](O)Cc1c(N)cnc2oc(-c3ccc(OCCN(C)C)cc3)c(-c3ccccc3)c12. The number of nitrogens with two attached hydrogens (primary N) is 1. The summed E-state index contributed by atoms with van der Waals surface area (Å²) in [6, 6.07) is 17.9. The van der Waals surface area contributed by atoms with Crippen LogP contribution in [0.3, 0.4) is 0 Å². The number of pyridine rings is 1. The smallest absolute Gasteiger partial charge is 0.227 e. The summed E-state index contributed by atoms with van der Waals surface area (Å²) < 4.78 is 12.1. The molecule has 0 fully saturated rings. The minimum Gasteiger partial charge on any atom is -0.492 e. The van der Waals surface area contributed by atoms with Crippen molar-refractivity contribution in [2.45, 2.75) is 19.4 Å². The van der Waals surface area contributed by atoms with E-state index in [2.05, 4.69) is 9.88 Å². The monoisotopic (exact) mass is 431 g/mol. The number of aliphatic hydroxyl groups is 1. The molecule has 0 bridgehead atoms. The lowest BCUT2D eigenvalue weighted by Crippen LogP contribution is -2.19. The molecule has 0 aliphatic rings. The van der Waals surface area contributed by atoms with Gasteiger partial charge in [-0.25, -0.2) is 4.98 Å². The Morgan fingerprint density at radius 1 is 1.06 bits per heavy atom. The van der Waals surface area contributed by atoms with E-state index in [0.717, 1.165) is 45.7 Å². The van der Waals surface area contributed by atoms with Crippen molar-refractivity contribution in [3.8, 4) is 28.2 Å². The standard InChI is InChI=1S/C26H29N3O3/c1-17(30)15-21-22(27)16-28-26-24(21)23(18-7-5-4-6-8-18)25(32-26)19-9-11-20(12-10-19)31-14-13-29(2)3/h4-12,16-17,30H,13-15,27H2,1-3H3/t17-/m1/s1. The average molecular weight is 432 g/mol. The Morgan fingerprint density at radius 2 is 1.78 bits per heavy atom. The van der Waals surface area contributed by atoms with Crippen LogP contribution >= 0.6 is 0 Å². The van der Waals surface area contributed by atoms with Crippen LogP contribution in [-0.2, 0) is 6.42 Å². The molecule has 2 aromatic heterocycles. The number of likely N-dealkylation sites (N-methyl/N-ethyl adjacent to an activating group) is 1. The summed E-state index contributed by atoms with van der Waals surface area (Å²) >= 11 is 0. The number of aliphatic hydroxyl groups excluding tert-OH is 1. The first kappa shape index (κ1) is 21.9. The van der Waals surface area contributed by atoms with Crippen molar-refractivity contribution < 1.29 is 14.3 Å². The molecule has 2 heterocycles. The lowest BCUT2D eigenvalue weighted by Gasteiger charge is -2.12. The van der Waals surface area contributed by atoms with Crippen LogP contribution in [0.15, 0.2) is 65.2 Å². The molecule has 166 valence electrons. The summed E-state index contributed by atoms with van der Waals surface area (Å²) in [6.45, 7) is 3.23. The highest BCUT2D eigenvalue weighted by Gasteiger charge is 2.23. The summed E-state index contributed by atoms with van der Waals surface area (Å²) in [7, 11) is 4.04. The van der Waals surface area contributed by atoms with Gasteiger partial charge in [-0.05, 0) is 56.4 Å². The van der Waals surface area contributed by atoms with Gasteiger partial charge in [0.2, 0.25) is 5.71 Å². The number of fused-ring (bicyclic) bond motifs is 1. The van der Waals surface area contributed by atoms with E-state index in [4.69, 9.17) is 14.9 Å². The molecule has 0 amide bonds. The Hall–Kier alpha value is -3.35. The Bertz CT molecular complexity index is 1180. The fraction of sp³-hybridized carbons (Fsp3) is 0.269. The van der Waals surface area contributed by atoms with Gasteiger partial charge in [-0.2, -0.15) is 0 Å². The van der Waals surface area contributed by atoms with Gasteiger partial charge >= 0.3 is 0 Å². The van der Waals surface area contributed by atoms with Gasteiger partial charge in [-0.1, -0.05) is 30.3 Å². The molecule has 4 aromatic rings. The third-order valence-electron chi connectivity index (χ3n) is 5.35. The molecule has 0 spiro atoms. The van der Waals surface area contributed by atoms with E-state index in [1.807, 2.05) is 68.7 Å². The van der Waals surface area contributed by atoms with Gasteiger partial charge < -0.3 is 24.9 Å². The molecule has 0 saturated heterocycles. The van der Waals surface area contributed by atoms with Crippen molar-refractivity contribution in [2.75, 3.05) is 33.0 Å². The van der Waals surface area contributed by atoms with E-state index >= 15 is 0 Å². The molecule has 4 rings (SSSR count). The lowest BCUT2D eigenvalue weighted by molar-refractivity contribution is 0.196. The third-order valence-corrected chi connectivity index (χ3v) is 5.35. The van der Waals surface area contributed by atoms with Gasteiger partial charge in [-0.15, -0.1) is 0 Å². The van der Waals surface area contributed by atoms with Gasteiger partial charge in [0.15, 0.2) is 0 Å². The van der Waals surface area contributed by atoms with Crippen LogP contribution in [0.1, 0.15) is 12.5 Å². The summed E-state index contributed by atoms with van der Waals surface area (Å²) in [5.74, 6) is 1.53. The second-order valence-corrected chi connectivity index (χ2v) is 8.27. The average Bonchev–Trinajstić information content (AvgIpc) is 3.16. The van der Waals surface area contributed by atoms with E-state index in [1.54, 1.807) is 13.1 Å². The van der Waals surface area contributed by atoms with Crippen LogP contribution in [0.5, 0.6) is 5.75 Å². The normalized spacial score (nSPS) is 12.4. The number of benzene rings is 2. The largest absolute Gasteiger partial charge is 0.492 e. The molecule has 2 aromatic carbocycles. The molecule has 0 aliphatic carbocycles. The topological polar surface area (TPSA) is 84.8 Å². The number of aromatic nitrogens is 1. The molecule has 6 heteroatoms. The minimum absolute atomic E-state index is 0.419. The van der Waals surface area contributed by atoms with E-state index in [-0.39, 0.29) is 0 Å². The van der Waals surface area contributed by atoms with Crippen LogP contribution in [0, 0.1) is 0 Å². The van der Waals surface area contributed by atoms with Crippen molar-refractivity contribution in [2.24, 2.45) is 0 Å². The van der Waals surface area contributed by atoms with Crippen molar-refractivity contribution in [3.05, 3.63) is 66.4 Å². The predicted octanol–water partition coefficient (Wildman–Crippen LogP) is 4.61. The Labute approximate surface area is 188 Å². The minimum atomic E-state index is -0.538. The molecular weight excluding hydrogens is 402 g/mol. The predicted molar refractivity (Wildman–Crippen MR) is 129 cm³/mol. The fourth-order valence-corrected chi connectivity index (χ4v) is 3.79.